The van der Waals surface area contributed by atoms with Crippen molar-refractivity contribution in [2.24, 2.45) is 0 Å². The third-order valence-corrected chi connectivity index (χ3v) is 3.00. The van der Waals surface area contributed by atoms with Gasteiger partial charge in [-0.05, 0) is 35.7 Å². The number of aryl methyl sites for hydroxylation is 1. The van der Waals surface area contributed by atoms with Crippen molar-refractivity contribution in [2.45, 2.75) is 13.3 Å². The van der Waals surface area contributed by atoms with Crippen LogP contribution in [0, 0.1) is 6.92 Å². The lowest BCUT2D eigenvalue weighted by molar-refractivity contribution is 1.16. The molecule has 3 aromatic rings. The number of nitrogens with two attached hydrogens (primary N) is 1. The topological polar surface area (TPSA) is 67.6 Å². The van der Waals surface area contributed by atoms with Crippen LogP contribution in [0.3, 0.4) is 0 Å². The van der Waals surface area contributed by atoms with Gasteiger partial charge in [-0.15, -0.1) is 0 Å². The number of nitrogen functional groups attached to an aromatic ring is 1. The molecule has 0 saturated heterocycles. The van der Waals surface area contributed by atoms with Gasteiger partial charge in [0.1, 0.15) is 11.5 Å². The Morgan fingerprint density at radius 3 is 2.89 bits per heavy atom. The van der Waals surface area contributed by atoms with E-state index in [1.165, 1.54) is 16.5 Å². The fourth-order valence-electron chi connectivity index (χ4n) is 2.07. The number of nitrogens with zero attached hydrogens (tertiary/aromatic N) is 2. The fourth-order valence-corrected chi connectivity index (χ4v) is 2.07. The Bertz CT molecular complexity index is 683. The third-order valence-electron chi connectivity index (χ3n) is 3.00. The van der Waals surface area contributed by atoms with Crippen molar-refractivity contribution in [2.75, 3.05) is 5.73 Å². The molecule has 0 aliphatic rings. The normalized spacial score (nSPS) is 10.9. The van der Waals surface area contributed by atoms with Gasteiger partial charge in [0.2, 0.25) is 0 Å². The molecule has 0 radical (unpaired) electrons. The molecule has 0 aliphatic carbocycles. The van der Waals surface area contributed by atoms with Gasteiger partial charge in [0.25, 0.3) is 0 Å². The summed E-state index contributed by atoms with van der Waals surface area (Å²) in [7, 11) is 0. The zero-order chi connectivity index (χ0) is 12.5. The Hall–Kier alpha value is -2.36. The highest BCUT2D eigenvalue weighted by molar-refractivity contribution is 5.80. The summed E-state index contributed by atoms with van der Waals surface area (Å²) in [6, 6.07) is 5.98. The number of anilines is 1. The van der Waals surface area contributed by atoms with Crippen LogP contribution in [-0.2, 0) is 6.42 Å². The molecule has 0 atom stereocenters. The number of aromatic nitrogens is 3. The Kier molecular flexibility index (Phi) is 2.48. The summed E-state index contributed by atoms with van der Waals surface area (Å²) in [4.78, 5) is 11.7. The summed E-state index contributed by atoms with van der Waals surface area (Å²) in [5.74, 6) is 0.551. The molecule has 4 nitrogen and oxygen atoms in total. The number of hydrogen-bond donors (Lipinski definition) is 2. The van der Waals surface area contributed by atoms with E-state index in [-0.39, 0.29) is 0 Å². The van der Waals surface area contributed by atoms with Crippen LogP contribution >= 0.6 is 0 Å². The molecule has 3 rings (SSSR count). The van der Waals surface area contributed by atoms with Crippen LogP contribution in [0.1, 0.15) is 16.7 Å². The quantitative estimate of drug-likeness (QED) is 0.720. The molecular weight excluding hydrogens is 224 g/mol. The predicted octanol–water partition coefficient (Wildman–Crippen LogP) is 2.44. The minimum Gasteiger partial charge on any atom is -0.384 e. The highest BCUT2D eigenvalue weighted by atomic mass is 14.8. The van der Waals surface area contributed by atoms with E-state index in [0.717, 1.165) is 17.6 Å². The molecule has 0 saturated carbocycles. The molecule has 90 valence electrons. The first kappa shape index (κ1) is 10.8. The minimum atomic E-state index is 0.551. The van der Waals surface area contributed by atoms with Crippen LogP contribution in [0.25, 0.3) is 11.0 Å². The summed E-state index contributed by atoms with van der Waals surface area (Å²) in [5.41, 5.74) is 10.1. The van der Waals surface area contributed by atoms with Gasteiger partial charge >= 0.3 is 0 Å². The van der Waals surface area contributed by atoms with Crippen LogP contribution in [0.2, 0.25) is 0 Å². The second kappa shape index (κ2) is 4.14. The van der Waals surface area contributed by atoms with E-state index in [0.29, 0.717) is 5.82 Å². The van der Waals surface area contributed by atoms with Crippen LogP contribution in [0.4, 0.5) is 5.82 Å². The fraction of sp³-hybridized carbons (Fsp3) is 0.143. The Morgan fingerprint density at radius 2 is 2.11 bits per heavy atom. The first-order valence-electron chi connectivity index (χ1n) is 5.85. The molecule has 0 fully saturated rings. The highest BCUT2D eigenvalue weighted by Crippen LogP contribution is 2.20. The van der Waals surface area contributed by atoms with Gasteiger partial charge in [0.05, 0.1) is 0 Å². The van der Waals surface area contributed by atoms with E-state index >= 15 is 0 Å². The van der Waals surface area contributed by atoms with Gasteiger partial charge in [0, 0.05) is 30.4 Å². The summed E-state index contributed by atoms with van der Waals surface area (Å²) in [5, 5.41) is 1.17. The third kappa shape index (κ3) is 1.93. The number of aromatic amines is 1. The lowest BCUT2D eigenvalue weighted by atomic mass is 10.1. The predicted molar refractivity (Wildman–Crippen MR) is 72.3 cm³/mol. The number of fused-ring (bicyclic) bond motifs is 1. The highest BCUT2D eigenvalue weighted by Gasteiger charge is 2.06. The van der Waals surface area contributed by atoms with Crippen LogP contribution < -0.4 is 5.73 Å². The van der Waals surface area contributed by atoms with Gasteiger partial charge in [-0.1, -0.05) is 6.07 Å². The maximum atomic E-state index is 5.58. The molecular formula is C14H14N4. The SMILES string of the molecule is Cc1cnc2[nH]cc(Cc3ccc(N)nc3)c2c1. The van der Waals surface area contributed by atoms with E-state index in [9.17, 15) is 0 Å². The summed E-state index contributed by atoms with van der Waals surface area (Å²) in [6.07, 6.45) is 6.52. The lowest BCUT2D eigenvalue weighted by Crippen LogP contribution is -1.92. The first-order chi connectivity index (χ1) is 8.72. The lowest BCUT2D eigenvalue weighted by Gasteiger charge is -2.01. The molecule has 3 N–H and O–H groups in total. The molecule has 0 amide bonds. The van der Waals surface area contributed by atoms with E-state index in [2.05, 4.69) is 21.0 Å². The van der Waals surface area contributed by atoms with Gasteiger partial charge in [-0.3, -0.25) is 0 Å². The summed E-state index contributed by atoms with van der Waals surface area (Å²) in [6.45, 7) is 2.05. The number of hydrogen-bond acceptors (Lipinski definition) is 3. The van der Waals surface area contributed by atoms with Crippen molar-refractivity contribution < 1.29 is 0 Å². The van der Waals surface area contributed by atoms with Gasteiger partial charge < -0.3 is 10.7 Å². The summed E-state index contributed by atoms with van der Waals surface area (Å²) >= 11 is 0. The van der Waals surface area contributed by atoms with E-state index in [1.807, 2.05) is 37.6 Å². The molecule has 0 aliphatic heterocycles. The van der Waals surface area contributed by atoms with Gasteiger partial charge in [-0.2, -0.15) is 0 Å². The van der Waals surface area contributed by atoms with E-state index in [4.69, 9.17) is 5.73 Å². The molecule has 4 heteroatoms. The molecule has 0 aromatic carbocycles. The first-order valence-corrected chi connectivity index (χ1v) is 5.85. The minimum absolute atomic E-state index is 0.551. The van der Waals surface area contributed by atoms with Crippen molar-refractivity contribution in [1.29, 1.82) is 0 Å². The number of rotatable bonds is 2. The van der Waals surface area contributed by atoms with Crippen LogP contribution in [-0.4, -0.2) is 15.0 Å². The van der Waals surface area contributed by atoms with Gasteiger partial charge in [-0.25, -0.2) is 9.97 Å². The molecule has 3 aromatic heterocycles. The molecule has 0 spiro atoms. The van der Waals surface area contributed by atoms with Crippen molar-refractivity contribution >= 4 is 16.9 Å². The Morgan fingerprint density at radius 1 is 1.22 bits per heavy atom. The Labute approximate surface area is 105 Å². The smallest absolute Gasteiger partial charge is 0.137 e. The largest absolute Gasteiger partial charge is 0.384 e. The van der Waals surface area contributed by atoms with E-state index < -0.39 is 0 Å². The van der Waals surface area contributed by atoms with Crippen LogP contribution in [0.15, 0.2) is 36.8 Å². The zero-order valence-corrected chi connectivity index (χ0v) is 10.1. The van der Waals surface area contributed by atoms with Crippen molar-refractivity contribution in [3.05, 3.63) is 53.5 Å². The van der Waals surface area contributed by atoms with E-state index in [1.54, 1.807) is 0 Å². The van der Waals surface area contributed by atoms with Crippen molar-refractivity contribution in [1.82, 2.24) is 15.0 Å². The molecule has 0 unspecified atom stereocenters. The monoisotopic (exact) mass is 238 g/mol. The second-order valence-electron chi connectivity index (χ2n) is 4.49. The molecule has 18 heavy (non-hydrogen) atoms. The number of pyridine rings is 2. The van der Waals surface area contributed by atoms with Gasteiger partial charge in [0.15, 0.2) is 0 Å². The van der Waals surface area contributed by atoms with Crippen molar-refractivity contribution in [3.8, 4) is 0 Å². The number of H-pyrrole nitrogens is 1. The maximum absolute atomic E-state index is 5.58. The zero-order valence-electron chi connectivity index (χ0n) is 10.1. The maximum Gasteiger partial charge on any atom is 0.137 e. The summed E-state index contributed by atoms with van der Waals surface area (Å²) < 4.78 is 0. The standard InChI is InChI=1S/C14H14N4/c1-9-4-12-11(8-18-14(12)17-6-9)5-10-2-3-13(15)16-7-10/h2-4,6-8H,5H2,1H3,(H2,15,16)(H,17,18). The molecule has 0 bridgehead atoms. The van der Waals surface area contributed by atoms with Crippen LogP contribution in [0.5, 0.6) is 0 Å². The molecule has 3 heterocycles. The average Bonchev–Trinajstić information content (AvgIpc) is 2.75. The number of nitrogens with one attached hydrogen (secondary N) is 1. The van der Waals surface area contributed by atoms with Crippen molar-refractivity contribution in [3.63, 3.8) is 0 Å². The Balaban J connectivity index is 1.99. The average molecular weight is 238 g/mol. The second-order valence-corrected chi connectivity index (χ2v) is 4.49.